The summed E-state index contributed by atoms with van der Waals surface area (Å²) < 4.78 is 0. The number of likely N-dealkylation sites (N-methyl/N-ethyl adjacent to an activating group) is 2. The van der Waals surface area contributed by atoms with E-state index in [4.69, 9.17) is 0 Å². The zero-order chi connectivity index (χ0) is 10.8. The first-order valence-corrected chi connectivity index (χ1v) is 6.29. The Morgan fingerprint density at radius 3 is 2.67 bits per heavy atom. The summed E-state index contributed by atoms with van der Waals surface area (Å²) in [6.45, 7) is 7.12. The summed E-state index contributed by atoms with van der Waals surface area (Å²) in [5.74, 6) is 0.969. The van der Waals surface area contributed by atoms with Crippen molar-refractivity contribution in [2.24, 2.45) is 5.92 Å². The van der Waals surface area contributed by atoms with E-state index in [1.165, 1.54) is 32.5 Å². The Balaban J connectivity index is 1.71. The molecule has 2 fully saturated rings. The van der Waals surface area contributed by atoms with Crippen molar-refractivity contribution >= 4 is 0 Å². The average Bonchev–Trinajstić information content (AvgIpc) is 3.02. The van der Waals surface area contributed by atoms with Crippen LogP contribution in [0.2, 0.25) is 0 Å². The van der Waals surface area contributed by atoms with Crippen molar-refractivity contribution in [1.29, 1.82) is 0 Å². The van der Waals surface area contributed by atoms with Crippen LogP contribution in [-0.4, -0.2) is 62.2 Å². The van der Waals surface area contributed by atoms with E-state index in [2.05, 4.69) is 36.1 Å². The molecule has 2 rings (SSSR count). The van der Waals surface area contributed by atoms with Crippen molar-refractivity contribution in [3.8, 4) is 0 Å². The maximum atomic E-state index is 3.70. The summed E-state index contributed by atoms with van der Waals surface area (Å²) >= 11 is 0. The molecular weight excluding hydrogens is 186 g/mol. The zero-order valence-electron chi connectivity index (χ0n) is 10.4. The van der Waals surface area contributed by atoms with Gasteiger partial charge in [0.2, 0.25) is 0 Å². The molecule has 0 aromatic heterocycles. The molecule has 0 aromatic carbocycles. The lowest BCUT2D eigenvalue weighted by atomic mass is 10.1. The molecule has 1 aliphatic heterocycles. The highest BCUT2D eigenvalue weighted by atomic mass is 15.3. The lowest BCUT2D eigenvalue weighted by Crippen LogP contribution is -2.54. The standard InChI is InChI=1S/C12H25N3/c1-10(11-4-5-11)13-8-12-9-14(2)6-7-15(12)3/h10-13H,4-9H2,1-3H3. The minimum Gasteiger partial charge on any atom is -0.312 e. The van der Waals surface area contributed by atoms with E-state index >= 15 is 0 Å². The van der Waals surface area contributed by atoms with Crippen molar-refractivity contribution in [2.45, 2.75) is 31.8 Å². The van der Waals surface area contributed by atoms with Gasteiger partial charge in [-0.25, -0.2) is 0 Å². The van der Waals surface area contributed by atoms with Crippen LogP contribution in [0, 0.1) is 5.92 Å². The Morgan fingerprint density at radius 2 is 2.00 bits per heavy atom. The first-order valence-electron chi connectivity index (χ1n) is 6.29. The van der Waals surface area contributed by atoms with Gasteiger partial charge in [0.25, 0.3) is 0 Å². The summed E-state index contributed by atoms with van der Waals surface area (Å²) in [6, 6.07) is 1.43. The van der Waals surface area contributed by atoms with Crippen LogP contribution >= 0.6 is 0 Å². The predicted octanol–water partition coefficient (Wildman–Crippen LogP) is 0.620. The Morgan fingerprint density at radius 1 is 1.27 bits per heavy atom. The van der Waals surface area contributed by atoms with Crippen molar-refractivity contribution in [1.82, 2.24) is 15.1 Å². The van der Waals surface area contributed by atoms with E-state index in [1.807, 2.05) is 0 Å². The summed E-state index contributed by atoms with van der Waals surface area (Å²) in [5.41, 5.74) is 0. The lowest BCUT2D eigenvalue weighted by molar-refractivity contribution is 0.111. The molecule has 1 saturated heterocycles. The second kappa shape index (κ2) is 4.81. The monoisotopic (exact) mass is 211 g/mol. The topological polar surface area (TPSA) is 18.5 Å². The van der Waals surface area contributed by atoms with Crippen molar-refractivity contribution in [3.05, 3.63) is 0 Å². The van der Waals surface area contributed by atoms with E-state index in [9.17, 15) is 0 Å². The van der Waals surface area contributed by atoms with Crippen LogP contribution in [0.5, 0.6) is 0 Å². The first-order chi connectivity index (χ1) is 7.16. The van der Waals surface area contributed by atoms with Crippen LogP contribution in [-0.2, 0) is 0 Å². The molecule has 1 aliphatic carbocycles. The summed E-state index contributed by atoms with van der Waals surface area (Å²) in [6.07, 6.45) is 2.88. The van der Waals surface area contributed by atoms with Crippen LogP contribution in [0.25, 0.3) is 0 Å². The van der Waals surface area contributed by atoms with E-state index < -0.39 is 0 Å². The van der Waals surface area contributed by atoms with Gasteiger partial charge in [0.15, 0.2) is 0 Å². The molecule has 1 N–H and O–H groups in total. The molecule has 0 aromatic rings. The smallest absolute Gasteiger partial charge is 0.0345 e. The van der Waals surface area contributed by atoms with Gasteiger partial charge in [-0.1, -0.05) is 0 Å². The average molecular weight is 211 g/mol. The Kier molecular flexibility index (Phi) is 3.65. The largest absolute Gasteiger partial charge is 0.312 e. The third kappa shape index (κ3) is 3.16. The van der Waals surface area contributed by atoms with Gasteiger partial charge >= 0.3 is 0 Å². The first kappa shape index (κ1) is 11.4. The lowest BCUT2D eigenvalue weighted by Gasteiger charge is -2.38. The summed E-state index contributed by atoms with van der Waals surface area (Å²) in [5, 5.41) is 3.70. The maximum absolute atomic E-state index is 3.70. The van der Waals surface area contributed by atoms with Crippen LogP contribution in [0.3, 0.4) is 0 Å². The number of piperazine rings is 1. The molecule has 0 spiro atoms. The fourth-order valence-electron chi connectivity index (χ4n) is 2.41. The molecule has 1 heterocycles. The van der Waals surface area contributed by atoms with Crippen molar-refractivity contribution < 1.29 is 0 Å². The Hall–Kier alpha value is -0.120. The van der Waals surface area contributed by atoms with Crippen LogP contribution in [0.15, 0.2) is 0 Å². The molecule has 2 unspecified atom stereocenters. The molecule has 0 radical (unpaired) electrons. The quantitative estimate of drug-likeness (QED) is 0.735. The predicted molar refractivity (Wildman–Crippen MR) is 64.1 cm³/mol. The van der Waals surface area contributed by atoms with E-state index in [0.717, 1.165) is 18.5 Å². The van der Waals surface area contributed by atoms with E-state index in [-0.39, 0.29) is 0 Å². The van der Waals surface area contributed by atoms with Gasteiger partial charge in [0, 0.05) is 38.3 Å². The highest BCUT2D eigenvalue weighted by molar-refractivity contribution is 4.86. The minimum atomic E-state index is 0.699. The van der Waals surface area contributed by atoms with Gasteiger partial charge in [-0.2, -0.15) is 0 Å². The molecule has 15 heavy (non-hydrogen) atoms. The number of nitrogens with zero attached hydrogens (tertiary/aromatic N) is 2. The third-order valence-electron chi connectivity index (χ3n) is 3.98. The number of rotatable bonds is 4. The molecule has 3 heteroatoms. The van der Waals surface area contributed by atoms with E-state index in [0.29, 0.717) is 6.04 Å². The SMILES string of the molecule is CC(NCC1CN(C)CCN1C)C1CC1. The van der Waals surface area contributed by atoms with Crippen LogP contribution in [0.4, 0.5) is 0 Å². The maximum Gasteiger partial charge on any atom is 0.0345 e. The molecule has 0 bridgehead atoms. The van der Waals surface area contributed by atoms with Crippen molar-refractivity contribution in [3.63, 3.8) is 0 Å². The Bertz CT molecular complexity index is 203. The highest BCUT2D eigenvalue weighted by Gasteiger charge is 2.29. The third-order valence-corrected chi connectivity index (χ3v) is 3.98. The fraction of sp³-hybridized carbons (Fsp3) is 1.00. The molecule has 2 atom stereocenters. The highest BCUT2D eigenvalue weighted by Crippen LogP contribution is 2.32. The molecule has 3 nitrogen and oxygen atoms in total. The zero-order valence-corrected chi connectivity index (χ0v) is 10.4. The number of hydrogen-bond donors (Lipinski definition) is 1. The Labute approximate surface area is 93.8 Å². The van der Waals surface area contributed by atoms with Gasteiger partial charge in [0.05, 0.1) is 0 Å². The van der Waals surface area contributed by atoms with Gasteiger partial charge in [-0.3, -0.25) is 4.90 Å². The van der Waals surface area contributed by atoms with Gasteiger partial charge in [0.1, 0.15) is 0 Å². The second-order valence-electron chi connectivity index (χ2n) is 5.43. The van der Waals surface area contributed by atoms with E-state index in [1.54, 1.807) is 0 Å². The number of hydrogen-bond acceptors (Lipinski definition) is 3. The molecule has 1 saturated carbocycles. The number of nitrogens with one attached hydrogen (secondary N) is 1. The van der Waals surface area contributed by atoms with Crippen LogP contribution < -0.4 is 5.32 Å². The second-order valence-corrected chi connectivity index (χ2v) is 5.43. The molecule has 0 amide bonds. The minimum absolute atomic E-state index is 0.699. The molecular formula is C12H25N3. The fourth-order valence-corrected chi connectivity index (χ4v) is 2.41. The molecule has 88 valence electrons. The summed E-state index contributed by atoms with van der Waals surface area (Å²) in [7, 11) is 4.48. The summed E-state index contributed by atoms with van der Waals surface area (Å²) in [4.78, 5) is 4.93. The van der Waals surface area contributed by atoms with Gasteiger partial charge in [-0.15, -0.1) is 0 Å². The van der Waals surface area contributed by atoms with Crippen molar-refractivity contribution in [2.75, 3.05) is 40.3 Å². The molecule has 2 aliphatic rings. The van der Waals surface area contributed by atoms with Gasteiger partial charge in [-0.05, 0) is 39.8 Å². The normalized spacial score (nSPS) is 31.8. The van der Waals surface area contributed by atoms with Gasteiger partial charge < -0.3 is 10.2 Å². The van der Waals surface area contributed by atoms with Crippen LogP contribution in [0.1, 0.15) is 19.8 Å².